The van der Waals surface area contributed by atoms with Crippen LogP contribution in [0.2, 0.25) is 5.28 Å². The summed E-state index contributed by atoms with van der Waals surface area (Å²) in [7, 11) is 0. The molecule has 1 rings (SSSR count). The summed E-state index contributed by atoms with van der Waals surface area (Å²) in [6.07, 6.45) is 0. The third-order valence-electron chi connectivity index (χ3n) is 0.782. The van der Waals surface area contributed by atoms with Crippen LogP contribution < -0.4 is 0 Å². The molecule has 60 valence electrons. The van der Waals surface area contributed by atoms with E-state index in [1.165, 1.54) is 30.2 Å². The standard InChI is InChI=1S/C5H5ClN2OS2/c1-3(9)2-10-5-7-4(6)8-11-5/h2H2,1H3. The molecule has 0 bridgehead atoms. The van der Waals surface area contributed by atoms with Gasteiger partial charge in [0.15, 0.2) is 4.34 Å². The van der Waals surface area contributed by atoms with E-state index in [0.29, 0.717) is 5.75 Å². The van der Waals surface area contributed by atoms with Gasteiger partial charge in [0.05, 0.1) is 5.75 Å². The van der Waals surface area contributed by atoms with Gasteiger partial charge in [0.2, 0.25) is 5.28 Å². The highest BCUT2D eigenvalue weighted by molar-refractivity contribution is 8.01. The lowest BCUT2D eigenvalue weighted by Crippen LogP contribution is -1.91. The van der Waals surface area contributed by atoms with Gasteiger partial charge in [0.25, 0.3) is 0 Å². The highest BCUT2D eigenvalue weighted by Gasteiger charge is 2.02. The highest BCUT2D eigenvalue weighted by Crippen LogP contribution is 2.21. The average Bonchev–Trinajstić information content (AvgIpc) is 2.31. The first-order chi connectivity index (χ1) is 5.18. The normalized spacial score (nSPS) is 10.0. The zero-order valence-corrected chi connectivity index (χ0v) is 8.09. The summed E-state index contributed by atoms with van der Waals surface area (Å²) in [5.41, 5.74) is 0. The SMILES string of the molecule is CC(=O)CSc1nc(Cl)ns1. The smallest absolute Gasteiger partial charge is 0.235 e. The van der Waals surface area contributed by atoms with Crippen LogP contribution in [0.3, 0.4) is 0 Å². The number of carbonyl (C=O) groups excluding carboxylic acids is 1. The van der Waals surface area contributed by atoms with E-state index in [0.717, 1.165) is 4.34 Å². The summed E-state index contributed by atoms with van der Waals surface area (Å²) in [5, 5.41) is 0.251. The van der Waals surface area contributed by atoms with Gasteiger partial charge in [-0.25, -0.2) is 0 Å². The van der Waals surface area contributed by atoms with Crippen LogP contribution in [0, 0.1) is 0 Å². The Bertz CT molecular complexity index is 263. The number of ketones is 1. The minimum Gasteiger partial charge on any atom is -0.299 e. The predicted molar refractivity (Wildman–Crippen MR) is 46.3 cm³/mol. The van der Waals surface area contributed by atoms with Gasteiger partial charge in [0, 0.05) is 0 Å². The maximum Gasteiger partial charge on any atom is 0.235 e. The molecule has 1 heterocycles. The maximum absolute atomic E-state index is 10.5. The van der Waals surface area contributed by atoms with Crippen LogP contribution in [-0.4, -0.2) is 20.9 Å². The zero-order valence-electron chi connectivity index (χ0n) is 5.70. The fourth-order valence-corrected chi connectivity index (χ4v) is 2.00. The number of carbonyl (C=O) groups is 1. The van der Waals surface area contributed by atoms with Crippen LogP contribution in [0.15, 0.2) is 4.34 Å². The molecule has 0 unspecified atom stereocenters. The predicted octanol–water partition coefficient (Wildman–Crippen LogP) is 1.87. The Morgan fingerprint density at radius 3 is 3.00 bits per heavy atom. The van der Waals surface area contributed by atoms with Crippen molar-refractivity contribution in [2.75, 3.05) is 5.75 Å². The molecule has 3 nitrogen and oxygen atoms in total. The van der Waals surface area contributed by atoms with E-state index in [-0.39, 0.29) is 11.1 Å². The van der Waals surface area contributed by atoms with Crippen molar-refractivity contribution in [1.82, 2.24) is 9.36 Å². The summed E-state index contributed by atoms with van der Waals surface area (Å²) < 4.78 is 4.50. The van der Waals surface area contributed by atoms with E-state index < -0.39 is 0 Å². The molecule has 0 aromatic carbocycles. The molecule has 6 heteroatoms. The fourth-order valence-electron chi connectivity index (χ4n) is 0.415. The highest BCUT2D eigenvalue weighted by atomic mass is 35.5. The largest absolute Gasteiger partial charge is 0.299 e. The van der Waals surface area contributed by atoms with Crippen molar-refractivity contribution in [3.8, 4) is 0 Å². The zero-order chi connectivity index (χ0) is 8.27. The third kappa shape index (κ3) is 3.18. The molecule has 0 spiro atoms. The molecule has 0 radical (unpaired) electrons. The topological polar surface area (TPSA) is 42.9 Å². The van der Waals surface area contributed by atoms with Crippen molar-refractivity contribution in [3.05, 3.63) is 5.28 Å². The van der Waals surface area contributed by atoms with Crippen molar-refractivity contribution in [3.63, 3.8) is 0 Å². The van der Waals surface area contributed by atoms with Crippen molar-refractivity contribution in [2.24, 2.45) is 0 Å². The number of rotatable bonds is 3. The van der Waals surface area contributed by atoms with Gasteiger partial charge in [-0.3, -0.25) is 4.79 Å². The first-order valence-corrected chi connectivity index (χ1v) is 4.93. The van der Waals surface area contributed by atoms with E-state index in [2.05, 4.69) is 9.36 Å². The van der Waals surface area contributed by atoms with E-state index in [4.69, 9.17) is 11.6 Å². The molecule has 0 aliphatic heterocycles. The number of thioether (sulfide) groups is 1. The van der Waals surface area contributed by atoms with E-state index in [9.17, 15) is 4.79 Å². The fraction of sp³-hybridized carbons (Fsp3) is 0.400. The summed E-state index contributed by atoms with van der Waals surface area (Å²) >= 11 is 8.04. The lowest BCUT2D eigenvalue weighted by atomic mass is 10.5. The number of halogens is 1. The molecule has 0 saturated heterocycles. The van der Waals surface area contributed by atoms with Crippen LogP contribution in [0.5, 0.6) is 0 Å². The second-order valence-electron chi connectivity index (χ2n) is 1.82. The van der Waals surface area contributed by atoms with E-state index >= 15 is 0 Å². The molecule has 0 saturated carbocycles. The van der Waals surface area contributed by atoms with E-state index in [1.807, 2.05) is 0 Å². The number of nitrogens with zero attached hydrogens (tertiary/aromatic N) is 2. The molecule has 1 aromatic heterocycles. The number of aromatic nitrogens is 2. The van der Waals surface area contributed by atoms with Gasteiger partial charge < -0.3 is 0 Å². The Balaban J connectivity index is 2.45. The molecule has 0 aliphatic rings. The number of hydrogen-bond donors (Lipinski definition) is 0. The second-order valence-corrected chi connectivity index (χ2v) is 4.13. The molecule has 0 aliphatic carbocycles. The van der Waals surface area contributed by atoms with Crippen LogP contribution in [-0.2, 0) is 4.79 Å². The summed E-state index contributed by atoms with van der Waals surface area (Å²) in [6.45, 7) is 1.54. The summed E-state index contributed by atoms with van der Waals surface area (Å²) in [6, 6.07) is 0. The van der Waals surface area contributed by atoms with Gasteiger partial charge >= 0.3 is 0 Å². The Kier molecular flexibility index (Phi) is 3.29. The molecule has 0 N–H and O–H groups in total. The molecule has 1 aromatic rings. The third-order valence-corrected chi connectivity index (χ3v) is 3.03. The number of hydrogen-bond acceptors (Lipinski definition) is 5. The second kappa shape index (κ2) is 4.04. The van der Waals surface area contributed by atoms with Crippen molar-refractivity contribution < 1.29 is 4.79 Å². The molecule has 0 fully saturated rings. The summed E-state index contributed by atoms with van der Waals surface area (Å²) in [4.78, 5) is 14.4. The lowest BCUT2D eigenvalue weighted by Gasteiger charge is -1.88. The first kappa shape index (κ1) is 8.96. The molecule has 0 amide bonds. The first-order valence-electron chi connectivity index (χ1n) is 2.80. The van der Waals surface area contributed by atoms with Crippen LogP contribution in [0.1, 0.15) is 6.92 Å². The van der Waals surface area contributed by atoms with Gasteiger partial charge in [-0.2, -0.15) is 9.36 Å². The van der Waals surface area contributed by atoms with Gasteiger partial charge in [-0.05, 0) is 30.1 Å². The molecule has 0 atom stereocenters. The Labute approximate surface area is 77.3 Å². The molecular weight excluding hydrogens is 204 g/mol. The Morgan fingerprint density at radius 2 is 2.55 bits per heavy atom. The van der Waals surface area contributed by atoms with E-state index in [1.54, 1.807) is 0 Å². The lowest BCUT2D eigenvalue weighted by molar-refractivity contribution is -0.114. The average molecular weight is 209 g/mol. The monoisotopic (exact) mass is 208 g/mol. The van der Waals surface area contributed by atoms with Gasteiger partial charge in [-0.1, -0.05) is 11.8 Å². The van der Waals surface area contributed by atoms with Gasteiger partial charge in [-0.15, -0.1) is 0 Å². The Hall–Kier alpha value is -0.130. The molecule has 11 heavy (non-hydrogen) atoms. The summed E-state index contributed by atoms with van der Waals surface area (Å²) in [5.74, 6) is 0.562. The quantitative estimate of drug-likeness (QED) is 0.712. The van der Waals surface area contributed by atoms with Crippen LogP contribution >= 0.6 is 34.9 Å². The minimum absolute atomic E-state index is 0.126. The Morgan fingerprint density at radius 1 is 1.82 bits per heavy atom. The van der Waals surface area contributed by atoms with Gasteiger partial charge in [0.1, 0.15) is 5.78 Å². The van der Waals surface area contributed by atoms with Crippen molar-refractivity contribution in [1.29, 1.82) is 0 Å². The molecular formula is C5H5ClN2OS2. The van der Waals surface area contributed by atoms with Crippen LogP contribution in [0.25, 0.3) is 0 Å². The van der Waals surface area contributed by atoms with Crippen LogP contribution in [0.4, 0.5) is 0 Å². The maximum atomic E-state index is 10.5. The van der Waals surface area contributed by atoms with Crippen molar-refractivity contribution in [2.45, 2.75) is 11.3 Å². The van der Waals surface area contributed by atoms with Crippen molar-refractivity contribution >= 4 is 40.7 Å². The minimum atomic E-state index is 0.126. The number of Topliss-reactive ketones (excluding diaryl/α,β-unsaturated/α-hetero) is 1.